The molecule has 0 aromatic heterocycles. The van der Waals surface area contributed by atoms with Gasteiger partial charge in [-0.3, -0.25) is 0 Å². The van der Waals surface area contributed by atoms with Gasteiger partial charge in [0.05, 0.1) is 0 Å². The van der Waals surface area contributed by atoms with Crippen LogP contribution < -0.4 is 9.88 Å². The average Bonchev–Trinajstić information content (AvgIpc) is 1.97. The number of benzene rings is 1. The lowest BCUT2D eigenvalue weighted by Gasteiger charge is -2.22. The van der Waals surface area contributed by atoms with E-state index in [0.29, 0.717) is 0 Å². The van der Waals surface area contributed by atoms with Crippen LogP contribution in [-0.2, 0) is 10.0 Å². The molecule has 0 aliphatic carbocycles. The van der Waals surface area contributed by atoms with E-state index in [1.807, 2.05) is 0 Å². The van der Waals surface area contributed by atoms with Crippen LogP contribution in [0.25, 0.3) is 0 Å². The fraction of sp³-hybridized carbons (Fsp3) is 0.400. The molecule has 0 amide bonds. The van der Waals surface area contributed by atoms with Crippen molar-refractivity contribution in [3.8, 4) is 11.5 Å². The molecule has 0 spiro atoms. The van der Waals surface area contributed by atoms with Gasteiger partial charge in [-0.05, 0) is 32.9 Å². The van der Waals surface area contributed by atoms with E-state index >= 15 is 0 Å². The lowest BCUT2D eigenvalue weighted by atomic mass is 10.2. The normalized spacial score (nSPS) is 12.5. The van der Waals surface area contributed by atoms with Crippen LogP contribution in [0.15, 0.2) is 23.1 Å². The molecule has 0 saturated carbocycles. The topological polar surface area (TPSA) is 89.6 Å². The molecule has 0 bridgehead atoms. The van der Waals surface area contributed by atoms with E-state index in [0.717, 1.165) is 0 Å². The third-order valence-electron chi connectivity index (χ3n) is 1.66. The number of sulfonamides is 1. The summed E-state index contributed by atoms with van der Waals surface area (Å²) in [6.07, 6.45) is 0. The second kappa shape index (κ2) is 3.95. The molecule has 0 heterocycles. The van der Waals surface area contributed by atoms with E-state index < -0.39 is 21.4 Å². The maximum absolute atomic E-state index is 11.3. The van der Waals surface area contributed by atoms with Gasteiger partial charge in [0.15, 0.2) is 4.90 Å². The zero-order chi connectivity index (χ0) is 12.6. The number of nitrogens with two attached hydrogens (primary N) is 1. The quantitative estimate of drug-likeness (QED) is 0.819. The minimum absolute atomic E-state index is 0.0509. The molecule has 0 unspecified atom stereocenters. The first-order chi connectivity index (χ1) is 7.11. The van der Waals surface area contributed by atoms with Gasteiger partial charge in [0, 0.05) is 0 Å². The van der Waals surface area contributed by atoms with Gasteiger partial charge >= 0.3 is 0 Å². The maximum Gasteiger partial charge on any atom is 0.245 e. The molecule has 0 saturated heterocycles. The lowest BCUT2D eigenvalue weighted by molar-refractivity contribution is 0.126. The van der Waals surface area contributed by atoms with E-state index in [4.69, 9.17) is 9.88 Å². The van der Waals surface area contributed by atoms with Crippen molar-refractivity contribution in [2.45, 2.75) is 31.3 Å². The van der Waals surface area contributed by atoms with Gasteiger partial charge in [0.2, 0.25) is 10.0 Å². The largest absolute Gasteiger partial charge is 0.506 e. The van der Waals surface area contributed by atoms with Gasteiger partial charge in [-0.25, -0.2) is 13.6 Å². The fourth-order valence-electron chi connectivity index (χ4n) is 1.20. The Kier molecular flexibility index (Phi) is 3.16. The van der Waals surface area contributed by atoms with Crippen LogP contribution in [0.2, 0.25) is 0 Å². The summed E-state index contributed by atoms with van der Waals surface area (Å²) < 4.78 is 28.0. The summed E-state index contributed by atoms with van der Waals surface area (Å²) in [6, 6.07) is 4.19. The molecular formula is C10H15NO4S. The highest BCUT2D eigenvalue weighted by molar-refractivity contribution is 7.89. The van der Waals surface area contributed by atoms with Gasteiger partial charge in [0.25, 0.3) is 0 Å². The van der Waals surface area contributed by atoms with Crippen molar-refractivity contribution in [2.75, 3.05) is 0 Å². The van der Waals surface area contributed by atoms with Crippen molar-refractivity contribution >= 4 is 10.0 Å². The molecule has 90 valence electrons. The molecule has 0 aliphatic rings. The maximum atomic E-state index is 11.3. The van der Waals surface area contributed by atoms with Crippen LogP contribution in [0, 0.1) is 0 Å². The Morgan fingerprint density at radius 3 is 2.31 bits per heavy atom. The van der Waals surface area contributed by atoms with Crippen LogP contribution in [0.4, 0.5) is 0 Å². The highest BCUT2D eigenvalue weighted by atomic mass is 32.2. The Balaban J connectivity index is 3.36. The molecule has 0 atom stereocenters. The zero-order valence-corrected chi connectivity index (χ0v) is 10.2. The van der Waals surface area contributed by atoms with Crippen molar-refractivity contribution in [3.63, 3.8) is 0 Å². The highest BCUT2D eigenvalue weighted by Gasteiger charge is 2.23. The molecule has 5 nitrogen and oxygen atoms in total. The van der Waals surface area contributed by atoms with Crippen molar-refractivity contribution in [3.05, 3.63) is 18.2 Å². The Bertz CT molecular complexity index is 488. The van der Waals surface area contributed by atoms with Crippen molar-refractivity contribution in [1.29, 1.82) is 0 Å². The number of ether oxygens (including phenoxy) is 1. The fourth-order valence-corrected chi connectivity index (χ4v) is 1.95. The smallest absolute Gasteiger partial charge is 0.245 e. The third kappa shape index (κ3) is 3.11. The SMILES string of the molecule is CC(C)(C)Oc1cccc(O)c1S(N)(=O)=O. The van der Waals surface area contributed by atoms with E-state index in [1.165, 1.54) is 18.2 Å². The first-order valence-corrected chi connectivity index (χ1v) is 6.20. The molecule has 1 aromatic carbocycles. The summed E-state index contributed by atoms with van der Waals surface area (Å²) in [4.78, 5) is -0.384. The highest BCUT2D eigenvalue weighted by Crippen LogP contribution is 2.33. The van der Waals surface area contributed by atoms with Crippen LogP contribution in [0.3, 0.4) is 0 Å². The zero-order valence-electron chi connectivity index (χ0n) is 9.39. The molecule has 6 heteroatoms. The predicted octanol–water partition coefficient (Wildman–Crippen LogP) is 1.22. The number of hydrogen-bond acceptors (Lipinski definition) is 4. The molecule has 1 rings (SSSR count). The van der Waals surface area contributed by atoms with Crippen LogP contribution >= 0.6 is 0 Å². The number of phenolic OH excluding ortho intramolecular Hbond substituents is 1. The summed E-state index contributed by atoms with van der Waals surface area (Å²) >= 11 is 0. The molecule has 3 N–H and O–H groups in total. The van der Waals surface area contributed by atoms with Crippen LogP contribution in [-0.4, -0.2) is 19.1 Å². The summed E-state index contributed by atoms with van der Waals surface area (Å²) in [5, 5.41) is 14.5. The molecule has 0 fully saturated rings. The third-order valence-corrected chi connectivity index (χ3v) is 2.64. The summed E-state index contributed by atoms with van der Waals surface area (Å²) in [5.74, 6) is -0.362. The van der Waals surface area contributed by atoms with Crippen molar-refractivity contribution < 1.29 is 18.3 Å². The summed E-state index contributed by atoms with van der Waals surface area (Å²) in [7, 11) is -4.01. The Morgan fingerprint density at radius 1 is 1.31 bits per heavy atom. The molecule has 1 aromatic rings. The summed E-state index contributed by atoms with van der Waals surface area (Å²) in [5.41, 5.74) is -0.576. The van der Waals surface area contributed by atoms with E-state index in [9.17, 15) is 13.5 Å². The average molecular weight is 245 g/mol. The second-order valence-electron chi connectivity index (χ2n) is 4.36. The minimum atomic E-state index is -4.01. The molecular weight excluding hydrogens is 230 g/mol. The molecule has 16 heavy (non-hydrogen) atoms. The van der Waals surface area contributed by atoms with E-state index in [-0.39, 0.29) is 10.6 Å². The number of phenols is 1. The molecule has 0 aliphatic heterocycles. The Morgan fingerprint density at radius 2 is 1.88 bits per heavy atom. The number of rotatable bonds is 2. The van der Waals surface area contributed by atoms with Crippen molar-refractivity contribution in [2.24, 2.45) is 5.14 Å². The standard InChI is InChI=1S/C10H15NO4S/c1-10(2,3)15-8-6-4-5-7(12)9(8)16(11,13)14/h4-6,12H,1-3H3,(H2,11,13,14). The monoisotopic (exact) mass is 245 g/mol. The number of primary sulfonamides is 1. The van der Waals surface area contributed by atoms with Crippen LogP contribution in [0.1, 0.15) is 20.8 Å². The van der Waals surface area contributed by atoms with Crippen molar-refractivity contribution in [1.82, 2.24) is 0 Å². The Labute approximate surface area is 94.9 Å². The number of hydrogen-bond donors (Lipinski definition) is 2. The lowest BCUT2D eigenvalue weighted by Crippen LogP contribution is -2.25. The second-order valence-corrected chi connectivity index (χ2v) is 5.86. The predicted molar refractivity (Wildman–Crippen MR) is 59.9 cm³/mol. The molecule has 0 radical (unpaired) electrons. The van der Waals surface area contributed by atoms with Crippen LogP contribution in [0.5, 0.6) is 11.5 Å². The number of aromatic hydroxyl groups is 1. The first kappa shape index (κ1) is 12.8. The Hall–Kier alpha value is -1.27. The van der Waals surface area contributed by atoms with E-state index in [1.54, 1.807) is 20.8 Å². The van der Waals surface area contributed by atoms with Gasteiger partial charge in [-0.1, -0.05) is 6.07 Å². The van der Waals surface area contributed by atoms with Gasteiger partial charge in [-0.2, -0.15) is 0 Å². The minimum Gasteiger partial charge on any atom is -0.506 e. The first-order valence-electron chi connectivity index (χ1n) is 4.65. The summed E-state index contributed by atoms with van der Waals surface area (Å²) in [6.45, 7) is 5.30. The van der Waals surface area contributed by atoms with Gasteiger partial charge in [0.1, 0.15) is 17.1 Å². The van der Waals surface area contributed by atoms with Gasteiger partial charge in [-0.15, -0.1) is 0 Å². The van der Waals surface area contributed by atoms with Gasteiger partial charge < -0.3 is 9.84 Å². The van der Waals surface area contributed by atoms with E-state index in [2.05, 4.69) is 0 Å².